The van der Waals surface area contributed by atoms with E-state index in [0.717, 1.165) is 18.6 Å². The molecule has 0 saturated carbocycles. The molecule has 4 unspecified atom stereocenters. The summed E-state index contributed by atoms with van der Waals surface area (Å²) >= 11 is 1.77. The monoisotopic (exact) mass is 286 g/mol. The Morgan fingerprint density at radius 2 is 2.00 bits per heavy atom. The van der Waals surface area contributed by atoms with E-state index in [1.165, 1.54) is 0 Å². The first-order valence-electron chi connectivity index (χ1n) is 7.05. The Morgan fingerprint density at radius 3 is 2.53 bits per heavy atom. The SMILES string of the molecule is CCC(C)C1NC(=O)C(C)N(C(C)CCSC)C1=O. The molecular formula is C14H26N2O2S. The van der Waals surface area contributed by atoms with Crippen molar-refractivity contribution in [1.82, 2.24) is 10.2 Å². The molecule has 1 N–H and O–H groups in total. The Kier molecular flexibility index (Phi) is 6.17. The number of piperazine rings is 1. The molecule has 0 spiro atoms. The fraction of sp³-hybridized carbons (Fsp3) is 0.857. The highest BCUT2D eigenvalue weighted by molar-refractivity contribution is 7.98. The Balaban J connectivity index is 2.86. The average molecular weight is 286 g/mol. The number of amides is 2. The molecule has 1 fully saturated rings. The molecule has 5 heteroatoms. The summed E-state index contributed by atoms with van der Waals surface area (Å²) in [4.78, 5) is 26.4. The highest BCUT2D eigenvalue weighted by Gasteiger charge is 2.41. The van der Waals surface area contributed by atoms with Gasteiger partial charge in [0.2, 0.25) is 11.8 Å². The van der Waals surface area contributed by atoms with Crippen LogP contribution in [0, 0.1) is 5.92 Å². The number of nitrogens with zero attached hydrogens (tertiary/aromatic N) is 1. The van der Waals surface area contributed by atoms with Gasteiger partial charge in [-0.3, -0.25) is 9.59 Å². The predicted molar refractivity (Wildman–Crippen MR) is 80.2 cm³/mol. The Labute approximate surface area is 120 Å². The summed E-state index contributed by atoms with van der Waals surface area (Å²) in [6.07, 6.45) is 3.87. The summed E-state index contributed by atoms with van der Waals surface area (Å²) in [7, 11) is 0. The van der Waals surface area contributed by atoms with E-state index >= 15 is 0 Å². The van der Waals surface area contributed by atoms with Crippen LogP contribution in [0.25, 0.3) is 0 Å². The third-order valence-corrected chi connectivity index (χ3v) is 4.69. The molecule has 0 aliphatic carbocycles. The van der Waals surface area contributed by atoms with Gasteiger partial charge in [-0.05, 0) is 38.2 Å². The largest absolute Gasteiger partial charge is 0.342 e. The van der Waals surface area contributed by atoms with Crippen LogP contribution in [0.3, 0.4) is 0 Å². The Morgan fingerprint density at radius 1 is 1.37 bits per heavy atom. The van der Waals surface area contributed by atoms with Crippen LogP contribution in [0.5, 0.6) is 0 Å². The molecule has 1 rings (SSSR count). The fourth-order valence-corrected chi connectivity index (χ4v) is 3.04. The van der Waals surface area contributed by atoms with Gasteiger partial charge < -0.3 is 10.2 Å². The van der Waals surface area contributed by atoms with Crippen LogP contribution in [0.4, 0.5) is 0 Å². The molecular weight excluding hydrogens is 260 g/mol. The maximum Gasteiger partial charge on any atom is 0.246 e. The van der Waals surface area contributed by atoms with E-state index in [1.54, 1.807) is 16.7 Å². The molecule has 0 radical (unpaired) electrons. The van der Waals surface area contributed by atoms with Crippen LogP contribution < -0.4 is 5.32 Å². The van der Waals surface area contributed by atoms with Crippen LogP contribution >= 0.6 is 11.8 Å². The zero-order valence-electron chi connectivity index (χ0n) is 12.6. The van der Waals surface area contributed by atoms with Gasteiger partial charge in [-0.25, -0.2) is 0 Å². The van der Waals surface area contributed by atoms with E-state index in [4.69, 9.17) is 0 Å². The van der Waals surface area contributed by atoms with Crippen LogP contribution in [-0.4, -0.2) is 46.8 Å². The topological polar surface area (TPSA) is 49.4 Å². The lowest BCUT2D eigenvalue weighted by Gasteiger charge is -2.42. The van der Waals surface area contributed by atoms with E-state index in [1.807, 2.05) is 27.7 Å². The number of thioether (sulfide) groups is 1. The number of hydrogen-bond donors (Lipinski definition) is 1. The van der Waals surface area contributed by atoms with Crippen molar-refractivity contribution < 1.29 is 9.59 Å². The molecule has 0 aromatic rings. The molecule has 110 valence electrons. The minimum Gasteiger partial charge on any atom is -0.342 e. The quantitative estimate of drug-likeness (QED) is 0.811. The minimum absolute atomic E-state index is 0.0269. The third kappa shape index (κ3) is 3.65. The van der Waals surface area contributed by atoms with E-state index < -0.39 is 0 Å². The summed E-state index contributed by atoms with van der Waals surface area (Å²) in [5, 5.41) is 2.87. The molecule has 1 heterocycles. The van der Waals surface area contributed by atoms with Crippen molar-refractivity contribution in [3.63, 3.8) is 0 Å². The number of carbonyl (C=O) groups is 2. The number of nitrogens with one attached hydrogen (secondary N) is 1. The van der Waals surface area contributed by atoms with E-state index in [9.17, 15) is 9.59 Å². The minimum atomic E-state index is -0.357. The summed E-state index contributed by atoms with van der Waals surface area (Å²) in [5.74, 6) is 1.24. The third-order valence-electron chi connectivity index (χ3n) is 4.04. The molecule has 0 aromatic carbocycles. The molecule has 1 saturated heterocycles. The van der Waals surface area contributed by atoms with Gasteiger partial charge in [0, 0.05) is 6.04 Å². The highest BCUT2D eigenvalue weighted by Crippen LogP contribution is 2.21. The lowest BCUT2D eigenvalue weighted by atomic mass is 9.93. The summed E-state index contributed by atoms with van der Waals surface area (Å²) in [6, 6.07) is -0.595. The average Bonchev–Trinajstić information content (AvgIpc) is 2.39. The first-order valence-corrected chi connectivity index (χ1v) is 8.44. The van der Waals surface area contributed by atoms with Crippen molar-refractivity contribution in [2.45, 2.75) is 58.7 Å². The second kappa shape index (κ2) is 7.17. The van der Waals surface area contributed by atoms with Gasteiger partial charge in [0.25, 0.3) is 0 Å². The summed E-state index contributed by atoms with van der Waals surface area (Å²) in [5.41, 5.74) is 0. The molecule has 19 heavy (non-hydrogen) atoms. The zero-order chi connectivity index (χ0) is 14.6. The van der Waals surface area contributed by atoms with Crippen LogP contribution in [0.2, 0.25) is 0 Å². The first-order chi connectivity index (χ1) is 8.93. The summed E-state index contributed by atoms with van der Waals surface area (Å²) < 4.78 is 0. The van der Waals surface area contributed by atoms with Gasteiger partial charge in [0.15, 0.2) is 0 Å². The van der Waals surface area contributed by atoms with Crippen LogP contribution in [-0.2, 0) is 9.59 Å². The van der Waals surface area contributed by atoms with E-state index in [-0.39, 0.29) is 35.9 Å². The molecule has 4 atom stereocenters. The second-order valence-corrected chi connectivity index (χ2v) is 6.41. The fourth-order valence-electron chi connectivity index (χ4n) is 2.46. The van der Waals surface area contributed by atoms with E-state index in [2.05, 4.69) is 11.6 Å². The number of carbonyl (C=O) groups excluding carboxylic acids is 2. The predicted octanol–water partition coefficient (Wildman–Crippen LogP) is 1.89. The van der Waals surface area contributed by atoms with Gasteiger partial charge in [0.05, 0.1) is 0 Å². The second-order valence-electron chi connectivity index (χ2n) is 5.42. The zero-order valence-corrected chi connectivity index (χ0v) is 13.4. The number of hydrogen-bond acceptors (Lipinski definition) is 3. The van der Waals surface area contributed by atoms with Crippen molar-refractivity contribution >= 4 is 23.6 Å². The maximum atomic E-state index is 12.6. The van der Waals surface area contributed by atoms with Gasteiger partial charge in [0.1, 0.15) is 12.1 Å². The molecule has 0 aromatic heterocycles. The lowest BCUT2D eigenvalue weighted by Crippen LogP contribution is -2.66. The molecule has 1 aliphatic heterocycles. The van der Waals surface area contributed by atoms with E-state index in [0.29, 0.717) is 0 Å². The molecule has 0 bridgehead atoms. The Bertz CT molecular complexity index is 335. The lowest BCUT2D eigenvalue weighted by molar-refractivity contribution is -0.152. The standard InChI is InChI=1S/C14H26N2O2S/c1-6-9(2)12-14(18)16(10(3)7-8-19-5)11(4)13(17)15-12/h9-12H,6-8H2,1-5H3,(H,15,17). The molecule has 2 amide bonds. The highest BCUT2D eigenvalue weighted by atomic mass is 32.2. The van der Waals surface area contributed by atoms with Gasteiger partial charge in [-0.15, -0.1) is 0 Å². The first kappa shape index (κ1) is 16.3. The summed E-state index contributed by atoms with van der Waals surface area (Å²) in [6.45, 7) is 7.92. The van der Waals surface area contributed by atoms with Crippen molar-refractivity contribution in [3.05, 3.63) is 0 Å². The van der Waals surface area contributed by atoms with Gasteiger partial charge in [-0.1, -0.05) is 20.3 Å². The van der Waals surface area contributed by atoms with Gasteiger partial charge in [-0.2, -0.15) is 11.8 Å². The van der Waals surface area contributed by atoms with Crippen molar-refractivity contribution in [3.8, 4) is 0 Å². The molecule has 4 nitrogen and oxygen atoms in total. The Hall–Kier alpha value is -0.710. The smallest absolute Gasteiger partial charge is 0.246 e. The van der Waals surface area contributed by atoms with Crippen molar-refractivity contribution in [2.75, 3.05) is 12.0 Å². The van der Waals surface area contributed by atoms with Gasteiger partial charge >= 0.3 is 0 Å². The maximum absolute atomic E-state index is 12.6. The molecule has 1 aliphatic rings. The van der Waals surface area contributed by atoms with Crippen LogP contribution in [0.15, 0.2) is 0 Å². The van der Waals surface area contributed by atoms with Crippen molar-refractivity contribution in [1.29, 1.82) is 0 Å². The normalized spacial score (nSPS) is 27.1. The van der Waals surface area contributed by atoms with Crippen molar-refractivity contribution in [2.24, 2.45) is 5.92 Å². The van der Waals surface area contributed by atoms with Crippen LogP contribution in [0.1, 0.15) is 40.5 Å². The number of rotatable bonds is 6.